The number of aliphatic hydroxyl groups excluding tert-OH is 1. The van der Waals surface area contributed by atoms with Crippen LogP contribution < -0.4 is 5.32 Å². The summed E-state index contributed by atoms with van der Waals surface area (Å²) in [6.07, 6.45) is 0. The lowest BCUT2D eigenvalue weighted by Gasteiger charge is -2.06. The van der Waals surface area contributed by atoms with Gasteiger partial charge < -0.3 is 15.2 Å². The molecule has 0 aliphatic rings. The van der Waals surface area contributed by atoms with Crippen molar-refractivity contribution in [2.75, 3.05) is 26.4 Å². The van der Waals surface area contributed by atoms with E-state index < -0.39 is 0 Å². The molecule has 5 nitrogen and oxygen atoms in total. The van der Waals surface area contributed by atoms with E-state index in [1.807, 2.05) is 30.3 Å². The molecule has 5 heteroatoms. The molecule has 100 valence electrons. The topological polar surface area (TPSA) is 71.5 Å². The van der Waals surface area contributed by atoms with E-state index in [4.69, 9.17) is 9.84 Å². The van der Waals surface area contributed by atoms with Gasteiger partial charge in [0.25, 0.3) is 5.91 Å². The number of carbonyl (C=O) groups excluding carboxylic acids is 1. The molecule has 2 aromatic rings. The molecule has 2 rings (SSSR count). The number of nitrogens with zero attached hydrogens (tertiary/aromatic N) is 1. The number of benzene rings is 1. The zero-order chi connectivity index (χ0) is 13.5. The molecule has 0 aliphatic carbocycles. The molecule has 1 aromatic heterocycles. The number of ether oxygens (including phenoxy) is 1. The number of aliphatic hydroxyl groups is 1. The molecule has 0 aliphatic heterocycles. The minimum Gasteiger partial charge on any atom is -0.394 e. The number of hydrogen-bond acceptors (Lipinski definition) is 4. The maximum Gasteiger partial charge on any atom is 0.269 e. The summed E-state index contributed by atoms with van der Waals surface area (Å²) < 4.78 is 5.05. The molecule has 0 unspecified atom stereocenters. The Morgan fingerprint density at radius 2 is 2.05 bits per heavy atom. The van der Waals surface area contributed by atoms with Crippen LogP contribution in [0.15, 0.2) is 36.4 Å². The van der Waals surface area contributed by atoms with Gasteiger partial charge in [0.15, 0.2) is 0 Å². The third-order valence-corrected chi connectivity index (χ3v) is 2.60. The van der Waals surface area contributed by atoms with Crippen molar-refractivity contribution in [2.24, 2.45) is 0 Å². The van der Waals surface area contributed by atoms with Gasteiger partial charge in [-0.05, 0) is 12.1 Å². The molecule has 0 bridgehead atoms. The number of amides is 1. The second kappa shape index (κ2) is 6.82. The van der Waals surface area contributed by atoms with Crippen molar-refractivity contribution in [2.45, 2.75) is 0 Å². The van der Waals surface area contributed by atoms with Gasteiger partial charge in [-0.1, -0.05) is 24.3 Å². The Kier molecular flexibility index (Phi) is 4.83. The quantitative estimate of drug-likeness (QED) is 0.759. The van der Waals surface area contributed by atoms with Crippen molar-refractivity contribution in [3.8, 4) is 0 Å². The summed E-state index contributed by atoms with van der Waals surface area (Å²) in [4.78, 5) is 16.1. The highest BCUT2D eigenvalue weighted by atomic mass is 16.5. The van der Waals surface area contributed by atoms with Gasteiger partial charge in [0.05, 0.1) is 25.3 Å². The summed E-state index contributed by atoms with van der Waals surface area (Å²) in [5, 5.41) is 12.3. The highest BCUT2D eigenvalue weighted by Crippen LogP contribution is 2.11. The summed E-state index contributed by atoms with van der Waals surface area (Å²) in [5.41, 5.74) is 1.19. The number of pyridine rings is 1. The maximum atomic E-state index is 11.8. The molecule has 0 radical (unpaired) electrons. The predicted molar refractivity (Wildman–Crippen MR) is 72.0 cm³/mol. The second-order valence-electron chi connectivity index (χ2n) is 3.98. The lowest BCUT2D eigenvalue weighted by molar-refractivity contribution is 0.0835. The Morgan fingerprint density at radius 3 is 2.89 bits per heavy atom. The molecule has 1 amide bonds. The molecular formula is C14H16N2O3. The Morgan fingerprint density at radius 1 is 1.21 bits per heavy atom. The van der Waals surface area contributed by atoms with E-state index in [2.05, 4.69) is 10.3 Å². The van der Waals surface area contributed by atoms with Crippen molar-refractivity contribution in [3.63, 3.8) is 0 Å². The Bertz CT molecular complexity index is 557. The van der Waals surface area contributed by atoms with E-state index in [0.717, 1.165) is 10.9 Å². The Labute approximate surface area is 111 Å². The molecule has 0 saturated carbocycles. The van der Waals surface area contributed by atoms with E-state index in [9.17, 15) is 4.79 Å². The van der Waals surface area contributed by atoms with Crippen LogP contribution in [0, 0.1) is 0 Å². The predicted octanol–water partition coefficient (Wildman–Crippen LogP) is 0.973. The van der Waals surface area contributed by atoms with Crippen LogP contribution in [0.4, 0.5) is 0 Å². The molecule has 2 N–H and O–H groups in total. The first-order valence-corrected chi connectivity index (χ1v) is 6.14. The zero-order valence-electron chi connectivity index (χ0n) is 10.5. The second-order valence-corrected chi connectivity index (χ2v) is 3.98. The monoisotopic (exact) mass is 260 g/mol. The van der Waals surface area contributed by atoms with Crippen molar-refractivity contribution < 1.29 is 14.6 Å². The molecular weight excluding hydrogens is 244 g/mol. The van der Waals surface area contributed by atoms with Crippen LogP contribution >= 0.6 is 0 Å². The van der Waals surface area contributed by atoms with Gasteiger partial charge in [0.2, 0.25) is 0 Å². The van der Waals surface area contributed by atoms with Gasteiger partial charge >= 0.3 is 0 Å². The van der Waals surface area contributed by atoms with Gasteiger partial charge in [-0.3, -0.25) is 4.79 Å². The smallest absolute Gasteiger partial charge is 0.269 e. The Balaban J connectivity index is 1.93. The minimum atomic E-state index is -0.224. The van der Waals surface area contributed by atoms with Crippen molar-refractivity contribution in [1.29, 1.82) is 0 Å². The number of aromatic nitrogens is 1. The van der Waals surface area contributed by atoms with E-state index in [-0.39, 0.29) is 19.1 Å². The molecule has 0 saturated heterocycles. The minimum absolute atomic E-state index is 0.0137. The number of carbonyl (C=O) groups is 1. The number of para-hydroxylation sites is 1. The highest BCUT2D eigenvalue weighted by molar-refractivity contribution is 5.94. The van der Waals surface area contributed by atoms with Crippen LogP contribution in [0.5, 0.6) is 0 Å². The van der Waals surface area contributed by atoms with Crippen LogP contribution in [0.2, 0.25) is 0 Å². The van der Waals surface area contributed by atoms with Crippen LogP contribution in [-0.2, 0) is 4.74 Å². The van der Waals surface area contributed by atoms with Crippen LogP contribution in [0.1, 0.15) is 10.5 Å². The van der Waals surface area contributed by atoms with Crippen molar-refractivity contribution in [3.05, 3.63) is 42.1 Å². The van der Waals surface area contributed by atoms with Crippen molar-refractivity contribution >= 4 is 16.8 Å². The fourth-order valence-corrected chi connectivity index (χ4v) is 1.69. The fraction of sp³-hybridized carbons (Fsp3) is 0.286. The Hall–Kier alpha value is -1.98. The standard InChI is InChI=1S/C14H16N2O3/c17-8-10-19-9-7-15-14(18)13-6-5-11-3-1-2-4-12(11)16-13/h1-6,17H,7-10H2,(H,15,18). The summed E-state index contributed by atoms with van der Waals surface area (Å²) in [6, 6.07) is 11.2. The van der Waals surface area contributed by atoms with Gasteiger partial charge in [-0.15, -0.1) is 0 Å². The van der Waals surface area contributed by atoms with Crippen LogP contribution in [-0.4, -0.2) is 42.4 Å². The summed E-state index contributed by atoms with van der Waals surface area (Å²) in [5.74, 6) is -0.224. The highest BCUT2D eigenvalue weighted by Gasteiger charge is 2.06. The molecule has 0 fully saturated rings. The average Bonchev–Trinajstić information content (AvgIpc) is 2.46. The van der Waals surface area contributed by atoms with Gasteiger partial charge in [0.1, 0.15) is 5.69 Å². The van der Waals surface area contributed by atoms with Gasteiger partial charge in [-0.25, -0.2) is 4.98 Å². The summed E-state index contributed by atoms with van der Waals surface area (Å²) in [6.45, 7) is 1.04. The first-order chi connectivity index (χ1) is 9.31. The lowest BCUT2D eigenvalue weighted by atomic mass is 10.2. The summed E-state index contributed by atoms with van der Waals surface area (Å²) in [7, 11) is 0. The molecule has 1 aromatic carbocycles. The largest absolute Gasteiger partial charge is 0.394 e. The van der Waals surface area contributed by atoms with E-state index in [1.165, 1.54) is 0 Å². The van der Waals surface area contributed by atoms with E-state index in [1.54, 1.807) is 6.07 Å². The normalized spacial score (nSPS) is 10.6. The number of rotatable bonds is 6. The lowest BCUT2D eigenvalue weighted by Crippen LogP contribution is -2.28. The van der Waals surface area contributed by atoms with Gasteiger partial charge in [-0.2, -0.15) is 0 Å². The first kappa shape index (κ1) is 13.5. The average molecular weight is 260 g/mol. The fourth-order valence-electron chi connectivity index (χ4n) is 1.69. The number of fused-ring (bicyclic) bond motifs is 1. The van der Waals surface area contributed by atoms with Crippen molar-refractivity contribution in [1.82, 2.24) is 10.3 Å². The molecule has 1 heterocycles. The molecule has 0 atom stereocenters. The van der Waals surface area contributed by atoms with Crippen LogP contribution in [0.3, 0.4) is 0 Å². The SMILES string of the molecule is O=C(NCCOCCO)c1ccc2ccccc2n1. The molecule has 19 heavy (non-hydrogen) atoms. The zero-order valence-corrected chi connectivity index (χ0v) is 10.5. The van der Waals surface area contributed by atoms with E-state index >= 15 is 0 Å². The van der Waals surface area contributed by atoms with Gasteiger partial charge in [0, 0.05) is 11.9 Å². The molecule has 0 spiro atoms. The van der Waals surface area contributed by atoms with Crippen LogP contribution in [0.25, 0.3) is 10.9 Å². The third-order valence-electron chi connectivity index (χ3n) is 2.60. The summed E-state index contributed by atoms with van der Waals surface area (Å²) >= 11 is 0. The third kappa shape index (κ3) is 3.74. The van der Waals surface area contributed by atoms with E-state index in [0.29, 0.717) is 18.8 Å². The number of hydrogen-bond donors (Lipinski definition) is 2. The number of nitrogens with one attached hydrogen (secondary N) is 1. The maximum absolute atomic E-state index is 11.8. The first-order valence-electron chi connectivity index (χ1n) is 6.14.